The van der Waals surface area contributed by atoms with Crippen LogP contribution in [0.4, 0.5) is 0 Å². The standard InChI is InChI=1S/C12H24O4Si/c1-12(2,3)17(4,5)16-9-6-10(8-13)15-11(14)7-9/h9-10,13H,6-8H2,1-5H3. The molecule has 1 aliphatic rings. The minimum atomic E-state index is -1.85. The van der Waals surface area contributed by atoms with E-state index >= 15 is 0 Å². The number of hydrogen-bond donors (Lipinski definition) is 1. The van der Waals surface area contributed by atoms with E-state index in [1.54, 1.807) is 0 Å². The Balaban J connectivity index is 2.65. The number of rotatable bonds is 3. The highest BCUT2D eigenvalue weighted by Gasteiger charge is 2.41. The molecule has 0 radical (unpaired) electrons. The third-order valence-electron chi connectivity index (χ3n) is 3.69. The number of aliphatic hydroxyl groups is 1. The number of esters is 1. The van der Waals surface area contributed by atoms with E-state index in [4.69, 9.17) is 14.3 Å². The van der Waals surface area contributed by atoms with Gasteiger partial charge in [0.2, 0.25) is 0 Å². The van der Waals surface area contributed by atoms with E-state index < -0.39 is 14.4 Å². The summed E-state index contributed by atoms with van der Waals surface area (Å²) in [6, 6.07) is 0. The molecular formula is C12H24O4Si. The number of aliphatic hydroxyl groups excluding tert-OH is 1. The molecule has 1 fully saturated rings. The third-order valence-corrected chi connectivity index (χ3v) is 8.22. The van der Waals surface area contributed by atoms with Crippen LogP contribution in [-0.4, -0.2) is 38.2 Å². The first-order valence-corrected chi connectivity index (χ1v) is 9.04. The van der Waals surface area contributed by atoms with E-state index in [1.165, 1.54) is 0 Å². The molecule has 0 aromatic heterocycles. The second-order valence-corrected chi connectivity index (χ2v) is 11.0. The molecule has 100 valence electrons. The molecule has 0 amide bonds. The number of cyclic esters (lactones) is 1. The van der Waals surface area contributed by atoms with E-state index in [2.05, 4.69) is 33.9 Å². The topological polar surface area (TPSA) is 55.8 Å². The molecule has 0 spiro atoms. The van der Waals surface area contributed by atoms with Gasteiger partial charge < -0.3 is 14.3 Å². The lowest BCUT2D eigenvalue weighted by molar-refractivity contribution is -0.162. The Morgan fingerprint density at radius 2 is 2.06 bits per heavy atom. The lowest BCUT2D eigenvalue weighted by Gasteiger charge is -2.41. The fourth-order valence-corrected chi connectivity index (χ4v) is 3.01. The van der Waals surface area contributed by atoms with Gasteiger partial charge in [-0.25, -0.2) is 0 Å². The van der Waals surface area contributed by atoms with Gasteiger partial charge in [-0.2, -0.15) is 0 Å². The maximum atomic E-state index is 11.4. The summed E-state index contributed by atoms with van der Waals surface area (Å²) in [4.78, 5) is 11.4. The van der Waals surface area contributed by atoms with Crippen molar-refractivity contribution in [1.82, 2.24) is 0 Å². The molecular weight excluding hydrogens is 236 g/mol. The number of carbonyl (C=O) groups is 1. The average Bonchev–Trinajstić information content (AvgIpc) is 2.14. The molecule has 1 rings (SSSR count). The van der Waals surface area contributed by atoms with Crippen molar-refractivity contribution < 1.29 is 19.1 Å². The van der Waals surface area contributed by atoms with Crippen molar-refractivity contribution in [2.75, 3.05) is 6.61 Å². The van der Waals surface area contributed by atoms with E-state index in [9.17, 15) is 4.79 Å². The Hall–Kier alpha value is -0.393. The zero-order valence-electron chi connectivity index (χ0n) is 11.4. The minimum absolute atomic E-state index is 0.103. The Kier molecular flexibility index (Phi) is 4.38. The van der Waals surface area contributed by atoms with Gasteiger partial charge in [0.15, 0.2) is 8.32 Å². The quantitative estimate of drug-likeness (QED) is 0.623. The van der Waals surface area contributed by atoms with Crippen LogP contribution < -0.4 is 0 Å². The largest absolute Gasteiger partial charge is 0.460 e. The second-order valence-electron chi connectivity index (χ2n) is 6.23. The number of hydrogen-bond acceptors (Lipinski definition) is 4. The van der Waals surface area contributed by atoms with Crippen molar-refractivity contribution in [3.8, 4) is 0 Å². The van der Waals surface area contributed by atoms with Gasteiger partial charge in [-0.05, 0) is 18.1 Å². The predicted octanol–water partition coefficient (Wildman–Crippen LogP) is 2.07. The van der Waals surface area contributed by atoms with E-state index in [1.807, 2.05) is 0 Å². The maximum absolute atomic E-state index is 11.4. The fraction of sp³-hybridized carbons (Fsp3) is 0.917. The fourth-order valence-electron chi connectivity index (χ4n) is 1.64. The molecule has 0 aromatic rings. The molecule has 2 unspecified atom stereocenters. The van der Waals surface area contributed by atoms with E-state index in [-0.39, 0.29) is 23.7 Å². The predicted molar refractivity (Wildman–Crippen MR) is 68.3 cm³/mol. The minimum Gasteiger partial charge on any atom is -0.460 e. The highest BCUT2D eigenvalue weighted by Crippen LogP contribution is 2.38. The van der Waals surface area contributed by atoms with E-state index in [0.717, 1.165) is 0 Å². The summed E-state index contributed by atoms with van der Waals surface area (Å²) in [6.07, 6.45) is 0.415. The lowest BCUT2D eigenvalue weighted by Crippen LogP contribution is -2.47. The Labute approximate surface area is 104 Å². The van der Waals surface area contributed by atoms with Crippen LogP contribution in [0.2, 0.25) is 18.1 Å². The van der Waals surface area contributed by atoms with E-state index in [0.29, 0.717) is 12.8 Å². The monoisotopic (exact) mass is 260 g/mol. The van der Waals surface area contributed by atoms with Crippen LogP contribution in [0.3, 0.4) is 0 Å². The van der Waals surface area contributed by atoms with Crippen LogP contribution in [0.1, 0.15) is 33.6 Å². The molecule has 1 N–H and O–H groups in total. The first-order chi connectivity index (χ1) is 7.65. The van der Waals surface area contributed by atoms with Crippen molar-refractivity contribution in [3.63, 3.8) is 0 Å². The van der Waals surface area contributed by atoms with Gasteiger partial charge in [0.25, 0.3) is 0 Å². The van der Waals surface area contributed by atoms with Crippen molar-refractivity contribution >= 4 is 14.3 Å². The highest BCUT2D eigenvalue weighted by molar-refractivity contribution is 6.74. The van der Waals surface area contributed by atoms with Gasteiger partial charge in [0.1, 0.15) is 6.10 Å². The van der Waals surface area contributed by atoms with Crippen LogP contribution in [-0.2, 0) is 14.0 Å². The van der Waals surface area contributed by atoms with Crippen molar-refractivity contribution in [3.05, 3.63) is 0 Å². The van der Waals surface area contributed by atoms with Crippen LogP contribution in [0.5, 0.6) is 0 Å². The number of ether oxygens (including phenoxy) is 1. The van der Waals surface area contributed by atoms with Gasteiger partial charge in [-0.3, -0.25) is 4.79 Å². The zero-order valence-corrected chi connectivity index (χ0v) is 12.4. The molecule has 1 heterocycles. The third kappa shape index (κ3) is 3.79. The normalized spacial score (nSPS) is 26.8. The smallest absolute Gasteiger partial charge is 0.308 e. The Morgan fingerprint density at radius 3 is 2.53 bits per heavy atom. The SMILES string of the molecule is CC(C)(C)[Si](C)(C)OC1CC(=O)OC(CO)C1. The van der Waals surface area contributed by atoms with Crippen LogP contribution >= 0.6 is 0 Å². The molecule has 0 bridgehead atoms. The molecule has 4 nitrogen and oxygen atoms in total. The van der Waals surface area contributed by atoms with Gasteiger partial charge in [-0.1, -0.05) is 20.8 Å². The highest BCUT2D eigenvalue weighted by atomic mass is 28.4. The summed E-state index contributed by atoms with van der Waals surface area (Å²) in [6.45, 7) is 10.7. The molecule has 17 heavy (non-hydrogen) atoms. The molecule has 0 saturated carbocycles. The summed E-state index contributed by atoms with van der Waals surface area (Å²) in [7, 11) is -1.85. The summed E-state index contributed by atoms with van der Waals surface area (Å²) in [5.41, 5.74) is 0. The first-order valence-electron chi connectivity index (χ1n) is 6.14. The maximum Gasteiger partial charge on any atom is 0.308 e. The molecule has 1 saturated heterocycles. The Morgan fingerprint density at radius 1 is 1.47 bits per heavy atom. The molecule has 0 aliphatic carbocycles. The first kappa shape index (κ1) is 14.7. The molecule has 2 atom stereocenters. The Bertz CT molecular complexity index is 283. The van der Waals surface area contributed by atoms with Gasteiger partial charge in [0.05, 0.1) is 19.1 Å². The lowest BCUT2D eigenvalue weighted by atomic mass is 10.1. The summed E-state index contributed by atoms with van der Waals surface area (Å²) < 4.78 is 11.2. The summed E-state index contributed by atoms with van der Waals surface area (Å²) in [5.74, 6) is -0.265. The van der Waals surface area contributed by atoms with Crippen LogP contribution in [0.25, 0.3) is 0 Å². The van der Waals surface area contributed by atoms with Crippen LogP contribution in [0, 0.1) is 0 Å². The zero-order chi connectivity index (χ0) is 13.3. The van der Waals surface area contributed by atoms with Crippen molar-refractivity contribution in [2.45, 2.75) is 64.0 Å². The van der Waals surface area contributed by atoms with Crippen molar-refractivity contribution in [2.24, 2.45) is 0 Å². The summed E-state index contributed by atoms with van der Waals surface area (Å²) >= 11 is 0. The van der Waals surface area contributed by atoms with Gasteiger partial charge in [-0.15, -0.1) is 0 Å². The van der Waals surface area contributed by atoms with Crippen molar-refractivity contribution in [1.29, 1.82) is 0 Å². The summed E-state index contributed by atoms with van der Waals surface area (Å²) in [5, 5.41) is 9.19. The molecule has 5 heteroatoms. The van der Waals surface area contributed by atoms with Gasteiger partial charge in [0, 0.05) is 6.42 Å². The number of carbonyl (C=O) groups excluding carboxylic acids is 1. The van der Waals surface area contributed by atoms with Gasteiger partial charge >= 0.3 is 5.97 Å². The molecule has 0 aromatic carbocycles. The second kappa shape index (κ2) is 5.08. The average molecular weight is 260 g/mol. The molecule has 1 aliphatic heterocycles. The van der Waals surface area contributed by atoms with Crippen LogP contribution in [0.15, 0.2) is 0 Å².